The molecule has 0 unspecified atom stereocenters. The van der Waals surface area contributed by atoms with E-state index >= 15 is 0 Å². The van der Waals surface area contributed by atoms with Crippen molar-refractivity contribution in [1.29, 1.82) is 0 Å². The van der Waals surface area contributed by atoms with Gasteiger partial charge in [0.15, 0.2) is 0 Å². The van der Waals surface area contributed by atoms with E-state index in [1.165, 1.54) is 0 Å². The largest absolute Gasteiger partial charge is 0.378 e. The van der Waals surface area contributed by atoms with Gasteiger partial charge in [0.05, 0.1) is 19.3 Å². The zero-order chi connectivity index (χ0) is 16.8. The van der Waals surface area contributed by atoms with E-state index < -0.39 is 0 Å². The Morgan fingerprint density at radius 3 is 2.22 bits per heavy atom. The van der Waals surface area contributed by atoms with Gasteiger partial charge in [0.1, 0.15) is 0 Å². The average Bonchev–Trinajstić information content (AvgIpc) is 2.61. The maximum absolute atomic E-state index is 12.5. The first-order valence-corrected chi connectivity index (χ1v) is 8.61. The second-order valence-corrected chi connectivity index (χ2v) is 6.24. The molecule has 2 amide bonds. The quantitative estimate of drug-likeness (QED) is 0.716. The fourth-order valence-electron chi connectivity index (χ4n) is 3.16. The molecule has 0 bridgehead atoms. The molecule has 2 fully saturated rings. The molecule has 130 valence electrons. The van der Waals surface area contributed by atoms with Gasteiger partial charge in [-0.15, -0.1) is 0 Å². The van der Waals surface area contributed by atoms with E-state index in [-0.39, 0.29) is 17.9 Å². The highest BCUT2D eigenvalue weighted by molar-refractivity contribution is 5.92. The lowest BCUT2D eigenvalue weighted by Gasteiger charge is -2.39. The molecule has 0 saturated carbocycles. The molecule has 6 nitrogen and oxygen atoms in total. The van der Waals surface area contributed by atoms with Crippen molar-refractivity contribution in [2.75, 3.05) is 52.5 Å². The van der Waals surface area contributed by atoms with E-state index in [4.69, 9.17) is 4.74 Å². The number of rotatable bonds is 4. The van der Waals surface area contributed by atoms with Gasteiger partial charge in [-0.1, -0.05) is 13.0 Å². The number of piperazine rings is 1. The second-order valence-electron chi connectivity index (χ2n) is 6.24. The Labute approximate surface area is 139 Å². The third-order valence-electron chi connectivity index (χ3n) is 4.68. The van der Waals surface area contributed by atoms with Crippen molar-refractivity contribution < 1.29 is 14.3 Å². The summed E-state index contributed by atoms with van der Waals surface area (Å²) in [5.41, 5.74) is 0.818. The molecule has 0 N–H and O–H groups in total. The smallest absolute Gasteiger partial charge is 0.249 e. The van der Waals surface area contributed by atoms with Gasteiger partial charge in [0, 0.05) is 44.8 Å². The number of morpholine rings is 1. The van der Waals surface area contributed by atoms with E-state index in [2.05, 4.69) is 4.90 Å². The van der Waals surface area contributed by atoms with E-state index in [9.17, 15) is 9.59 Å². The normalized spacial score (nSPS) is 22.1. The second kappa shape index (κ2) is 8.45. The lowest BCUT2D eigenvalue weighted by molar-refractivity contribution is -0.141. The summed E-state index contributed by atoms with van der Waals surface area (Å²) in [6, 6.07) is -0.127. The molecule has 2 saturated heterocycles. The van der Waals surface area contributed by atoms with Crippen LogP contribution in [0.1, 0.15) is 27.2 Å². The van der Waals surface area contributed by atoms with Crippen LogP contribution in [0.4, 0.5) is 0 Å². The van der Waals surface area contributed by atoms with E-state index in [1.54, 1.807) is 0 Å². The van der Waals surface area contributed by atoms with Crippen LogP contribution in [0.5, 0.6) is 0 Å². The standard InChI is InChI=1S/C17H29N3O3/c1-4-5-14(2)16(21)19-8-6-18(7-9-19)15(3)17(22)20-10-12-23-13-11-20/h5,15H,4,6-13H2,1-3H3/b14-5-/t15-/m1/s1. The van der Waals surface area contributed by atoms with Gasteiger partial charge < -0.3 is 14.5 Å². The molecule has 2 aliphatic rings. The van der Waals surface area contributed by atoms with Crippen LogP contribution < -0.4 is 0 Å². The van der Waals surface area contributed by atoms with Crippen molar-refractivity contribution >= 4 is 11.8 Å². The van der Waals surface area contributed by atoms with Gasteiger partial charge in [-0.2, -0.15) is 0 Å². The summed E-state index contributed by atoms with van der Waals surface area (Å²) in [4.78, 5) is 30.8. The van der Waals surface area contributed by atoms with Crippen LogP contribution in [0.3, 0.4) is 0 Å². The highest BCUT2D eigenvalue weighted by atomic mass is 16.5. The highest BCUT2D eigenvalue weighted by Gasteiger charge is 2.30. The summed E-state index contributed by atoms with van der Waals surface area (Å²) in [7, 11) is 0. The van der Waals surface area contributed by atoms with Crippen LogP contribution in [0, 0.1) is 0 Å². The molecule has 2 heterocycles. The summed E-state index contributed by atoms with van der Waals surface area (Å²) >= 11 is 0. The zero-order valence-electron chi connectivity index (χ0n) is 14.6. The molecule has 23 heavy (non-hydrogen) atoms. The Kier molecular flexibility index (Phi) is 6.59. The lowest BCUT2D eigenvalue weighted by Crippen LogP contribution is -2.56. The van der Waals surface area contributed by atoms with Gasteiger partial charge in [0.2, 0.25) is 11.8 Å². The van der Waals surface area contributed by atoms with Crippen molar-refractivity contribution in [2.24, 2.45) is 0 Å². The number of amides is 2. The van der Waals surface area contributed by atoms with Gasteiger partial charge in [-0.3, -0.25) is 14.5 Å². The molecule has 0 spiro atoms. The third kappa shape index (κ3) is 4.54. The first-order chi connectivity index (χ1) is 11.0. The molecule has 2 rings (SSSR count). The maximum Gasteiger partial charge on any atom is 0.249 e. The molecule has 0 aromatic rings. The number of nitrogens with zero attached hydrogens (tertiary/aromatic N) is 3. The summed E-state index contributed by atoms with van der Waals surface area (Å²) in [6.45, 7) is 11.4. The first kappa shape index (κ1) is 17.9. The van der Waals surface area contributed by atoms with Gasteiger partial charge >= 0.3 is 0 Å². The van der Waals surface area contributed by atoms with E-state index in [1.807, 2.05) is 36.6 Å². The Bertz CT molecular complexity index is 450. The SMILES string of the molecule is CC/C=C(/C)C(=O)N1CCN([C@H](C)C(=O)N2CCOCC2)CC1. The van der Waals surface area contributed by atoms with Crippen molar-refractivity contribution in [1.82, 2.24) is 14.7 Å². The van der Waals surface area contributed by atoms with E-state index in [0.29, 0.717) is 39.4 Å². The fraction of sp³-hybridized carbons (Fsp3) is 0.765. The minimum Gasteiger partial charge on any atom is -0.378 e. The lowest BCUT2D eigenvalue weighted by atomic mass is 10.1. The number of ether oxygens (including phenoxy) is 1. The van der Waals surface area contributed by atoms with Crippen LogP contribution in [0.2, 0.25) is 0 Å². The van der Waals surface area contributed by atoms with Crippen molar-refractivity contribution in [2.45, 2.75) is 33.2 Å². The molecule has 1 atom stereocenters. The highest BCUT2D eigenvalue weighted by Crippen LogP contribution is 2.12. The number of allylic oxidation sites excluding steroid dienone is 1. The van der Waals surface area contributed by atoms with Gasteiger partial charge in [-0.05, 0) is 20.3 Å². The number of hydrogen-bond donors (Lipinski definition) is 0. The molecule has 6 heteroatoms. The maximum atomic E-state index is 12.5. The molecular weight excluding hydrogens is 294 g/mol. The van der Waals surface area contributed by atoms with Crippen LogP contribution in [-0.2, 0) is 14.3 Å². The zero-order valence-corrected chi connectivity index (χ0v) is 14.6. The predicted octanol–water partition coefficient (Wildman–Crippen LogP) is 0.734. The third-order valence-corrected chi connectivity index (χ3v) is 4.68. The Morgan fingerprint density at radius 1 is 1.04 bits per heavy atom. The van der Waals surface area contributed by atoms with Crippen molar-refractivity contribution in [3.8, 4) is 0 Å². The minimum absolute atomic E-state index is 0.124. The van der Waals surface area contributed by atoms with Crippen LogP contribution in [0.25, 0.3) is 0 Å². The van der Waals surface area contributed by atoms with Crippen molar-refractivity contribution in [3.63, 3.8) is 0 Å². The average molecular weight is 323 g/mol. The predicted molar refractivity (Wildman–Crippen MR) is 89.1 cm³/mol. The van der Waals surface area contributed by atoms with Crippen LogP contribution >= 0.6 is 0 Å². The number of carbonyl (C=O) groups excluding carboxylic acids is 2. The molecule has 0 aromatic carbocycles. The summed E-state index contributed by atoms with van der Waals surface area (Å²) < 4.78 is 5.30. The fourth-order valence-corrected chi connectivity index (χ4v) is 3.16. The summed E-state index contributed by atoms with van der Waals surface area (Å²) in [6.07, 6.45) is 2.85. The molecule has 0 radical (unpaired) electrons. The minimum atomic E-state index is -0.127. The monoisotopic (exact) mass is 323 g/mol. The summed E-state index contributed by atoms with van der Waals surface area (Å²) in [5, 5.41) is 0. The first-order valence-electron chi connectivity index (χ1n) is 8.61. The topological polar surface area (TPSA) is 53.1 Å². The molecule has 2 aliphatic heterocycles. The number of hydrogen-bond acceptors (Lipinski definition) is 4. The van der Waals surface area contributed by atoms with Gasteiger partial charge in [0.25, 0.3) is 0 Å². The Morgan fingerprint density at radius 2 is 1.65 bits per heavy atom. The van der Waals surface area contributed by atoms with E-state index in [0.717, 1.165) is 25.1 Å². The van der Waals surface area contributed by atoms with Crippen molar-refractivity contribution in [3.05, 3.63) is 11.6 Å². The Hall–Kier alpha value is -1.40. The van der Waals surface area contributed by atoms with Crippen LogP contribution in [0.15, 0.2) is 11.6 Å². The molecule has 0 aliphatic carbocycles. The summed E-state index contributed by atoms with van der Waals surface area (Å²) in [5.74, 6) is 0.300. The molecular formula is C17H29N3O3. The van der Waals surface area contributed by atoms with Crippen LogP contribution in [-0.4, -0.2) is 85.0 Å². The number of carbonyl (C=O) groups is 2. The molecule has 0 aromatic heterocycles. The van der Waals surface area contributed by atoms with Gasteiger partial charge in [-0.25, -0.2) is 0 Å². The Balaban J connectivity index is 1.84.